The van der Waals surface area contributed by atoms with Crippen molar-refractivity contribution >= 4 is 17.3 Å². The van der Waals surface area contributed by atoms with Crippen molar-refractivity contribution in [2.24, 2.45) is 0 Å². The average Bonchev–Trinajstić information content (AvgIpc) is 2.40. The fourth-order valence-electron chi connectivity index (χ4n) is 1.84. The normalized spacial score (nSPS) is 11.5. The second-order valence-corrected chi connectivity index (χ2v) is 4.17. The topological polar surface area (TPSA) is 55.0 Å². The Morgan fingerprint density at radius 3 is 2.43 bits per heavy atom. The van der Waals surface area contributed by atoms with Gasteiger partial charge in [0.2, 0.25) is 5.82 Å². The summed E-state index contributed by atoms with van der Waals surface area (Å²) in [6.45, 7) is 1.88. The number of halogens is 4. The van der Waals surface area contributed by atoms with E-state index in [0.717, 1.165) is 0 Å². The van der Waals surface area contributed by atoms with Gasteiger partial charge in [0.15, 0.2) is 0 Å². The summed E-state index contributed by atoms with van der Waals surface area (Å²) in [6.07, 6.45) is -4.72. The molecule has 1 aromatic carbocycles. The zero-order valence-corrected chi connectivity index (χ0v) is 11.0. The molecule has 0 unspecified atom stereocenters. The van der Waals surface area contributed by atoms with Gasteiger partial charge in [-0.2, -0.15) is 13.2 Å². The lowest BCUT2D eigenvalue weighted by molar-refractivity contribution is -0.144. The van der Waals surface area contributed by atoms with Crippen LogP contribution in [0.4, 0.5) is 34.9 Å². The minimum Gasteiger partial charge on any atom is -0.384 e. The Kier molecular flexibility index (Phi) is 3.97. The maximum atomic E-state index is 13.8. The summed E-state index contributed by atoms with van der Waals surface area (Å²) in [5.74, 6) is -2.36. The molecule has 0 atom stereocenters. The van der Waals surface area contributed by atoms with Gasteiger partial charge in [0, 0.05) is 12.6 Å². The summed E-state index contributed by atoms with van der Waals surface area (Å²) >= 11 is 0. The van der Waals surface area contributed by atoms with Crippen LogP contribution in [0.5, 0.6) is 0 Å². The van der Waals surface area contributed by atoms with Crippen LogP contribution in [0, 0.1) is 5.82 Å². The van der Waals surface area contributed by atoms with E-state index in [-0.39, 0.29) is 23.9 Å². The number of nitrogen functional groups attached to an aromatic ring is 1. The number of rotatable bonds is 3. The molecule has 0 spiro atoms. The first-order chi connectivity index (χ1) is 9.82. The summed E-state index contributed by atoms with van der Waals surface area (Å²) in [6, 6.07) is 6.90. The fraction of sp³-hybridized carbons (Fsp3) is 0.231. The second kappa shape index (κ2) is 5.55. The maximum Gasteiger partial charge on any atom is 0.451 e. The highest BCUT2D eigenvalue weighted by Crippen LogP contribution is 2.31. The lowest BCUT2D eigenvalue weighted by atomic mass is 10.2. The number of anilines is 3. The Labute approximate surface area is 118 Å². The van der Waals surface area contributed by atoms with E-state index < -0.39 is 17.8 Å². The molecule has 0 saturated heterocycles. The first-order valence-electron chi connectivity index (χ1n) is 6.06. The van der Waals surface area contributed by atoms with Gasteiger partial charge in [0.1, 0.15) is 17.5 Å². The molecule has 2 aromatic rings. The van der Waals surface area contributed by atoms with Crippen LogP contribution in [0.2, 0.25) is 0 Å². The van der Waals surface area contributed by atoms with Gasteiger partial charge in [-0.05, 0) is 19.1 Å². The van der Waals surface area contributed by atoms with Crippen LogP contribution in [-0.4, -0.2) is 16.5 Å². The van der Waals surface area contributed by atoms with Gasteiger partial charge in [0.25, 0.3) is 0 Å². The van der Waals surface area contributed by atoms with Crippen molar-refractivity contribution in [2.45, 2.75) is 13.1 Å². The lowest BCUT2D eigenvalue weighted by Crippen LogP contribution is -2.22. The Morgan fingerprint density at radius 1 is 1.19 bits per heavy atom. The summed E-state index contributed by atoms with van der Waals surface area (Å²) < 4.78 is 52.0. The van der Waals surface area contributed by atoms with E-state index >= 15 is 0 Å². The third-order valence-corrected chi connectivity index (χ3v) is 2.72. The molecule has 0 aliphatic rings. The van der Waals surface area contributed by atoms with Crippen molar-refractivity contribution in [2.75, 3.05) is 17.2 Å². The number of nitrogens with zero attached hydrogens (tertiary/aromatic N) is 3. The van der Waals surface area contributed by atoms with E-state index in [2.05, 4.69) is 9.97 Å². The summed E-state index contributed by atoms with van der Waals surface area (Å²) in [7, 11) is 0. The lowest BCUT2D eigenvalue weighted by Gasteiger charge is -2.23. The Bertz CT molecular complexity index is 642. The molecule has 0 saturated carbocycles. The van der Waals surface area contributed by atoms with E-state index in [1.807, 2.05) is 0 Å². The maximum absolute atomic E-state index is 13.8. The smallest absolute Gasteiger partial charge is 0.384 e. The van der Waals surface area contributed by atoms with Crippen molar-refractivity contribution in [3.63, 3.8) is 0 Å². The predicted molar refractivity (Wildman–Crippen MR) is 70.5 cm³/mol. The molecule has 2 rings (SSSR count). The third-order valence-electron chi connectivity index (χ3n) is 2.72. The van der Waals surface area contributed by atoms with Crippen LogP contribution >= 0.6 is 0 Å². The highest BCUT2D eigenvalue weighted by Gasteiger charge is 2.35. The summed E-state index contributed by atoms with van der Waals surface area (Å²) in [4.78, 5) is 7.89. The predicted octanol–water partition coefficient (Wildman–Crippen LogP) is 3.37. The molecule has 0 aliphatic heterocycles. The van der Waals surface area contributed by atoms with Crippen molar-refractivity contribution < 1.29 is 17.6 Å². The SMILES string of the molecule is CCN(c1cc(N)nc(C(F)(F)F)n1)c1ccccc1F. The van der Waals surface area contributed by atoms with Crippen LogP contribution < -0.4 is 10.6 Å². The van der Waals surface area contributed by atoms with E-state index in [4.69, 9.17) is 5.73 Å². The summed E-state index contributed by atoms with van der Waals surface area (Å²) in [5.41, 5.74) is 5.51. The van der Waals surface area contributed by atoms with Gasteiger partial charge in [-0.25, -0.2) is 14.4 Å². The monoisotopic (exact) mass is 300 g/mol. The average molecular weight is 300 g/mol. The van der Waals surface area contributed by atoms with Gasteiger partial charge in [-0.15, -0.1) is 0 Å². The quantitative estimate of drug-likeness (QED) is 0.883. The Hall–Kier alpha value is -2.38. The largest absolute Gasteiger partial charge is 0.451 e. The van der Waals surface area contributed by atoms with Gasteiger partial charge < -0.3 is 10.6 Å². The van der Waals surface area contributed by atoms with Gasteiger partial charge in [-0.1, -0.05) is 12.1 Å². The minimum atomic E-state index is -4.72. The van der Waals surface area contributed by atoms with Gasteiger partial charge in [0.05, 0.1) is 5.69 Å². The number of hydrogen-bond acceptors (Lipinski definition) is 4. The van der Waals surface area contributed by atoms with E-state index in [1.165, 1.54) is 29.2 Å². The van der Waals surface area contributed by atoms with Crippen LogP contribution in [0.15, 0.2) is 30.3 Å². The number of para-hydroxylation sites is 1. The molecule has 4 nitrogen and oxygen atoms in total. The first-order valence-corrected chi connectivity index (χ1v) is 6.06. The molecule has 1 aromatic heterocycles. The van der Waals surface area contributed by atoms with Crippen LogP contribution in [0.3, 0.4) is 0 Å². The van der Waals surface area contributed by atoms with Gasteiger partial charge in [-0.3, -0.25) is 0 Å². The van der Waals surface area contributed by atoms with Crippen LogP contribution in [0.25, 0.3) is 0 Å². The van der Waals surface area contributed by atoms with Crippen LogP contribution in [0.1, 0.15) is 12.7 Å². The second-order valence-electron chi connectivity index (χ2n) is 4.17. The molecule has 1 heterocycles. The molecule has 2 N–H and O–H groups in total. The number of alkyl halides is 3. The standard InChI is InChI=1S/C13H12F4N4/c1-2-21(9-6-4-3-5-8(9)14)11-7-10(18)19-12(20-11)13(15,16)17/h3-7H,2H2,1H3,(H2,18,19,20). The van der Waals surface area contributed by atoms with Crippen molar-refractivity contribution in [3.05, 3.63) is 42.0 Å². The molecule has 0 aliphatic carbocycles. The number of hydrogen-bond donors (Lipinski definition) is 1. The molecule has 8 heteroatoms. The number of benzene rings is 1. The molecular formula is C13H12F4N4. The number of aromatic nitrogens is 2. The van der Waals surface area contributed by atoms with Crippen LogP contribution in [-0.2, 0) is 6.18 Å². The number of nitrogens with two attached hydrogens (primary N) is 1. The third kappa shape index (κ3) is 3.21. The molecular weight excluding hydrogens is 288 g/mol. The highest BCUT2D eigenvalue weighted by molar-refractivity contribution is 5.62. The summed E-state index contributed by atoms with van der Waals surface area (Å²) in [5, 5.41) is 0. The molecule has 0 bridgehead atoms. The van der Waals surface area contributed by atoms with Crippen molar-refractivity contribution in [1.29, 1.82) is 0 Å². The Balaban J connectivity index is 2.53. The highest BCUT2D eigenvalue weighted by atomic mass is 19.4. The first kappa shape index (κ1) is 15.0. The van der Waals surface area contributed by atoms with E-state index in [9.17, 15) is 17.6 Å². The molecule has 0 fully saturated rings. The van der Waals surface area contributed by atoms with Crippen molar-refractivity contribution in [1.82, 2.24) is 9.97 Å². The molecule has 112 valence electrons. The van der Waals surface area contributed by atoms with E-state index in [1.54, 1.807) is 13.0 Å². The molecule has 0 amide bonds. The minimum absolute atomic E-state index is 0.109. The van der Waals surface area contributed by atoms with E-state index in [0.29, 0.717) is 0 Å². The molecule has 0 radical (unpaired) electrons. The fourth-order valence-corrected chi connectivity index (χ4v) is 1.84. The zero-order valence-electron chi connectivity index (χ0n) is 11.0. The van der Waals surface area contributed by atoms with Gasteiger partial charge >= 0.3 is 6.18 Å². The Morgan fingerprint density at radius 2 is 1.86 bits per heavy atom. The molecule has 21 heavy (non-hydrogen) atoms. The van der Waals surface area contributed by atoms with Crippen molar-refractivity contribution in [3.8, 4) is 0 Å². The zero-order chi connectivity index (χ0) is 15.6.